The fourth-order valence-electron chi connectivity index (χ4n) is 2.13. The van der Waals surface area contributed by atoms with E-state index in [-0.39, 0.29) is 5.56 Å². The number of hydrogen-bond acceptors (Lipinski definition) is 3. The van der Waals surface area contributed by atoms with Gasteiger partial charge < -0.3 is 9.14 Å². The van der Waals surface area contributed by atoms with E-state index in [1.54, 1.807) is 7.11 Å². The Morgan fingerprint density at radius 2 is 1.95 bits per heavy atom. The van der Waals surface area contributed by atoms with E-state index in [0.29, 0.717) is 17.6 Å². The van der Waals surface area contributed by atoms with E-state index in [2.05, 4.69) is 4.98 Å². The lowest BCUT2D eigenvalue weighted by atomic mass is 10.1. The second-order valence-corrected chi connectivity index (χ2v) is 4.56. The molecule has 0 aliphatic rings. The largest absolute Gasteiger partial charge is 0.497 e. The zero-order chi connectivity index (χ0) is 13.9. The van der Waals surface area contributed by atoms with E-state index < -0.39 is 0 Å². The Bertz CT molecular complexity index is 791. The molecule has 0 amide bonds. The number of aromatic nitrogens is 2. The second-order valence-electron chi connectivity index (χ2n) is 4.56. The Morgan fingerprint density at radius 1 is 1.15 bits per heavy atom. The molecule has 0 aliphatic carbocycles. The van der Waals surface area contributed by atoms with Crippen molar-refractivity contribution >= 4 is 5.65 Å². The highest BCUT2D eigenvalue weighted by Gasteiger charge is 2.05. The summed E-state index contributed by atoms with van der Waals surface area (Å²) in [7, 11) is 1.63. The van der Waals surface area contributed by atoms with Crippen LogP contribution in [0.5, 0.6) is 5.75 Å². The van der Waals surface area contributed by atoms with E-state index in [9.17, 15) is 4.79 Å². The van der Waals surface area contributed by atoms with Gasteiger partial charge in [0.15, 0.2) is 0 Å². The summed E-state index contributed by atoms with van der Waals surface area (Å²) < 4.78 is 6.98. The van der Waals surface area contributed by atoms with E-state index in [1.165, 1.54) is 0 Å². The summed E-state index contributed by atoms with van der Waals surface area (Å²) in [6, 6.07) is 13.3. The van der Waals surface area contributed by atoms with Gasteiger partial charge in [-0.05, 0) is 29.8 Å². The van der Waals surface area contributed by atoms with Crippen LogP contribution in [0, 0.1) is 0 Å². The molecule has 3 aromatic rings. The Labute approximate surface area is 116 Å². The zero-order valence-corrected chi connectivity index (χ0v) is 11.1. The van der Waals surface area contributed by atoms with Gasteiger partial charge in [-0.25, -0.2) is 0 Å². The van der Waals surface area contributed by atoms with Gasteiger partial charge in [-0.15, -0.1) is 0 Å². The lowest BCUT2D eigenvalue weighted by molar-refractivity contribution is 0.414. The molecule has 2 aromatic heterocycles. The second kappa shape index (κ2) is 5.17. The third kappa shape index (κ3) is 2.40. The molecule has 2 heterocycles. The van der Waals surface area contributed by atoms with Gasteiger partial charge in [0.1, 0.15) is 11.4 Å². The summed E-state index contributed by atoms with van der Waals surface area (Å²) in [5.41, 5.74) is 2.22. The monoisotopic (exact) mass is 266 g/mol. The number of methoxy groups -OCH3 is 1. The molecule has 100 valence electrons. The minimum absolute atomic E-state index is 0.174. The van der Waals surface area contributed by atoms with Crippen molar-refractivity contribution in [2.24, 2.45) is 0 Å². The van der Waals surface area contributed by atoms with Crippen molar-refractivity contribution in [3.8, 4) is 5.75 Å². The van der Waals surface area contributed by atoms with Gasteiger partial charge in [-0.2, -0.15) is 4.98 Å². The summed E-state index contributed by atoms with van der Waals surface area (Å²) in [5.74, 6) is 0.808. The van der Waals surface area contributed by atoms with E-state index in [1.807, 2.05) is 59.3 Å². The van der Waals surface area contributed by atoms with Crippen molar-refractivity contribution in [3.05, 3.63) is 76.3 Å². The molecule has 4 heteroatoms. The topological polar surface area (TPSA) is 43.6 Å². The third-order valence-electron chi connectivity index (χ3n) is 3.21. The van der Waals surface area contributed by atoms with E-state index in [0.717, 1.165) is 11.3 Å². The van der Waals surface area contributed by atoms with Crippen LogP contribution in [0.1, 0.15) is 11.1 Å². The van der Waals surface area contributed by atoms with Crippen LogP contribution < -0.4 is 10.3 Å². The van der Waals surface area contributed by atoms with Crippen molar-refractivity contribution in [2.75, 3.05) is 7.11 Å². The van der Waals surface area contributed by atoms with Crippen molar-refractivity contribution in [3.63, 3.8) is 0 Å². The van der Waals surface area contributed by atoms with Gasteiger partial charge in [-0.3, -0.25) is 4.79 Å². The molecule has 0 unspecified atom stereocenters. The molecule has 1 aromatic carbocycles. The minimum atomic E-state index is -0.174. The van der Waals surface area contributed by atoms with E-state index in [4.69, 9.17) is 4.74 Å². The Morgan fingerprint density at radius 3 is 2.70 bits per heavy atom. The predicted octanol–water partition coefficient (Wildman–Crippen LogP) is 2.29. The Kier molecular flexibility index (Phi) is 3.21. The maximum atomic E-state index is 12.0. The molecule has 0 fully saturated rings. The highest BCUT2D eigenvalue weighted by Crippen LogP contribution is 2.13. The molecule has 4 nitrogen and oxygen atoms in total. The SMILES string of the molecule is COc1ccc(Cc2cn3ccccc3nc2=O)cc1. The summed E-state index contributed by atoms with van der Waals surface area (Å²) in [4.78, 5) is 16.1. The first-order chi connectivity index (χ1) is 9.76. The minimum Gasteiger partial charge on any atom is -0.497 e. The molecule has 0 saturated heterocycles. The number of hydrogen-bond donors (Lipinski definition) is 0. The molecule has 0 radical (unpaired) electrons. The third-order valence-corrected chi connectivity index (χ3v) is 3.21. The fraction of sp³-hybridized carbons (Fsp3) is 0.125. The quantitative estimate of drug-likeness (QED) is 0.730. The van der Waals surface area contributed by atoms with Gasteiger partial charge in [0.2, 0.25) is 0 Å². The molecule has 0 saturated carbocycles. The van der Waals surface area contributed by atoms with Gasteiger partial charge in [0, 0.05) is 24.4 Å². The predicted molar refractivity (Wildman–Crippen MR) is 77.3 cm³/mol. The molecule has 3 rings (SSSR count). The van der Waals surface area contributed by atoms with Crippen LogP contribution in [0.25, 0.3) is 5.65 Å². The average molecular weight is 266 g/mol. The number of fused-ring (bicyclic) bond motifs is 1. The summed E-state index contributed by atoms with van der Waals surface area (Å²) >= 11 is 0. The van der Waals surface area contributed by atoms with Crippen LogP contribution in [0.3, 0.4) is 0 Å². The first kappa shape index (κ1) is 12.4. The van der Waals surface area contributed by atoms with Gasteiger partial charge in [0.25, 0.3) is 5.56 Å². The normalized spacial score (nSPS) is 10.7. The van der Waals surface area contributed by atoms with Crippen LogP contribution in [-0.2, 0) is 6.42 Å². The van der Waals surface area contributed by atoms with Crippen molar-refractivity contribution in [2.45, 2.75) is 6.42 Å². The molecule has 0 atom stereocenters. The summed E-state index contributed by atoms with van der Waals surface area (Å²) in [6.07, 6.45) is 4.29. The number of rotatable bonds is 3. The van der Waals surface area contributed by atoms with E-state index >= 15 is 0 Å². The fourth-order valence-corrected chi connectivity index (χ4v) is 2.13. The van der Waals surface area contributed by atoms with Crippen LogP contribution in [0.4, 0.5) is 0 Å². The lowest BCUT2D eigenvalue weighted by Gasteiger charge is -2.05. The van der Waals surface area contributed by atoms with Crippen molar-refractivity contribution < 1.29 is 4.74 Å². The molecule has 0 spiro atoms. The Hall–Kier alpha value is -2.62. The number of pyridine rings is 1. The molecular formula is C16H14N2O2. The average Bonchev–Trinajstić information content (AvgIpc) is 2.49. The molecule has 0 aliphatic heterocycles. The lowest BCUT2D eigenvalue weighted by Crippen LogP contribution is -2.15. The number of nitrogens with zero attached hydrogens (tertiary/aromatic N) is 2. The maximum Gasteiger partial charge on any atom is 0.276 e. The highest BCUT2D eigenvalue weighted by atomic mass is 16.5. The zero-order valence-electron chi connectivity index (χ0n) is 11.1. The first-order valence-electron chi connectivity index (χ1n) is 6.36. The van der Waals surface area contributed by atoms with Crippen LogP contribution in [-0.4, -0.2) is 16.5 Å². The van der Waals surface area contributed by atoms with Crippen LogP contribution in [0.15, 0.2) is 59.7 Å². The summed E-state index contributed by atoms with van der Waals surface area (Å²) in [6.45, 7) is 0. The van der Waals surface area contributed by atoms with Gasteiger partial charge in [0.05, 0.1) is 7.11 Å². The highest BCUT2D eigenvalue weighted by molar-refractivity contribution is 5.39. The summed E-state index contributed by atoms with van der Waals surface area (Å²) in [5, 5.41) is 0. The van der Waals surface area contributed by atoms with Gasteiger partial charge in [-0.1, -0.05) is 18.2 Å². The smallest absolute Gasteiger partial charge is 0.276 e. The number of ether oxygens (including phenoxy) is 1. The van der Waals surface area contributed by atoms with Crippen molar-refractivity contribution in [1.82, 2.24) is 9.38 Å². The molecule has 0 bridgehead atoms. The molecular weight excluding hydrogens is 252 g/mol. The Balaban J connectivity index is 1.97. The standard InChI is InChI=1S/C16H14N2O2/c1-20-14-7-5-12(6-8-14)10-13-11-18-9-3-2-4-15(18)17-16(13)19/h2-9,11H,10H2,1H3. The van der Waals surface area contributed by atoms with Crippen LogP contribution in [0.2, 0.25) is 0 Å². The first-order valence-corrected chi connectivity index (χ1v) is 6.36. The van der Waals surface area contributed by atoms with Crippen molar-refractivity contribution in [1.29, 1.82) is 0 Å². The molecule has 20 heavy (non-hydrogen) atoms. The number of benzene rings is 1. The van der Waals surface area contributed by atoms with Gasteiger partial charge >= 0.3 is 0 Å². The van der Waals surface area contributed by atoms with Crippen LogP contribution >= 0.6 is 0 Å². The molecule has 0 N–H and O–H groups in total. The maximum absolute atomic E-state index is 12.0.